The smallest absolute Gasteiger partial charge is 0.284 e. The predicted octanol–water partition coefficient (Wildman–Crippen LogP) is 2.37. The molecule has 116 valence electrons. The molecule has 0 saturated carbocycles. The molecule has 0 fully saturated rings. The minimum Gasteiger partial charge on any atom is -0.497 e. The number of carbonyl (C=O) groups is 2. The average molecular weight is 320 g/mol. The Labute approximate surface area is 131 Å². The van der Waals surface area contributed by atoms with Crippen molar-refractivity contribution in [3.8, 4) is 5.75 Å². The predicted molar refractivity (Wildman–Crippen MR) is 82.4 cm³/mol. The molecule has 3 N–H and O–H groups in total. The standard InChI is InChI=1S/C15H16N2O4S/c1-9(10-3-5-11(21-2)6-4-10)16-14(18)12-7-8-13(22-12)15(19)17-20/h3-9,20H,1-2H3,(H,16,18)(H,17,19)/t9-/m1/s1. The third kappa shape index (κ3) is 3.63. The Balaban J connectivity index is 2.04. The second-order valence-electron chi connectivity index (χ2n) is 4.57. The van der Waals surface area contributed by atoms with Gasteiger partial charge in [0.2, 0.25) is 0 Å². The van der Waals surface area contributed by atoms with E-state index in [0.717, 1.165) is 22.6 Å². The van der Waals surface area contributed by atoms with E-state index in [1.54, 1.807) is 13.2 Å². The zero-order valence-corrected chi connectivity index (χ0v) is 12.9. The molecule has 0 unspecified atom stereocenters. The van der Waals surface area contributed by atoms with Gasteiger partial charge in [0.05, 0.1) is 22.9 Å². The van der Waals surface area contributed by atoms with E-state index in [-0.39, 0.29) is 16.8 Å². The molecule has 0 aliphatic rings. The van der Waals surface area contributed by atoms with Crippen LogP contribution in [0.25, 0.3) is 0 Å². The Hall–Kier alpha value is -2.38. The summed E-state index contributed by atoms with van der Waals surface area (Å²) in [7, 11) is 1.59. The summed E-state index contributed by atoms with van der Waals surface area (Å²) in [4.78, 5) is 24.1. The lowest BCUT2D eigenvalue weighted by molar-refractivity contribution is 0.0711. The zero-order chi connectivity index (χ0) is 16.1. The van der Waals surface area contributed by atoms with Crippen LogP contribution in [0.4, 0.5) is 0 Å². The first kappa shape index (κ1) is 16.0. The van der Waals surface area contributed by atoms with Gasteiger partial charge < -0.3 is 10.1 Å². The highest BCUT2D eigenvalue weighted by Gasteiger charge is 2.16. The first-order chi connectivity index (χ1) is 10.5. The maximum atomic E-state index is 12.2. The molecule has 1 aromatic heterocycles. The molecule has 2 amide bonds. The molecule has 1 aromatic carbocycles. The van der Waals surface area contributed by atoms with E-state index in [1.807, 2.05) is 31.2 Å². The van der Waals surface area contributed by atoms with Crippen molar-refractivity contribution in [2.45, 2.75) is 13.0 Å². The Kier molecular flexibility index (Phi) is 5.13. The van der Waals surface area contributed by atoms with Crippen LogP contribution in [0, 0.1) is 0 Å². The molecule has 1 atom stereocenters. The fraction of sp³-hybridized carbons (Fsp3) is 0.200. The van der Waals surface area contributed by atoms with Crippen molar-refractivity contribution in [1.82, 2.24) is 10.8 Å². The summed E-state index contributed by atoms with van der Waals surface area (Å²) < 4.78 is 5.09. The van der Waals surface area contributed by atoms with E-state index in [1.165, 1.54) is 11.5 Å². The molecule has 1 heterocycles. The minimum absolute atomic E-state index is 0.185. The van der Waals surface area contributed by atoms with Gasteiger partial charge in [-0.2, -0.15) is 0 Å². The Morgan fingerprint density at radius 1 is 1.09 bits per heavy atom. The number of ether oxygens (including phenoxy) is 1. The topological polar surface area (TPSA) is 87.7 Å². The van der Waals surface area contributed by atoms with Gasteiger partial charge in [-0.25, -0.2) is 5.48 Å². The monoisotopic (exact) mass is 320 g/mol. The Bertz CT molecular complexity index is 666. The number of amides is 2. The molecular weight excluding hydrogens is 304 g/mol. The fourth-order valence-electron chi connectivity index (χ4n) is 1.88. The molecule has 0 bridgehead atoms. The summed E-state index contributed by atoms with van der Waals surface area (Å²) >= 11 is 1.01. The average Bonchev–Trinajstić information content (AvgIpc) is 3.04. The summed E-state index contributed by atoms with van der Waals surface area (Å²) in [5.41, 5.74) is 2.48. The number of thiophene rings is 1. The number of benzene rings is 1. The molecule has 0 spiro atoms. The third-order valence-electron chi connectivity index (χ3n) is 3.12. The molecule has 0 radical (unpaired) electrons. The molecule has 7 heteroatoms. The highest BCUT2D eigenvalue weighted by molar-refractivity contribution is 7.15. The van der Waals surface area contributed by atoms with Crippen LogP contribution in [-0.4, -0.2) is 24.1 Å². The van der Waals surface area contributed by atoms with Crippen LogP contribution < -0.4 is 15.5 Å². The van der Waals surface area contributed by atoms with Crippen molar-refractivity contribution in [3.63, 3.8) is 0 Å². The number of rotatable bonds is 5. The fourth-order valence-corrected chi connectivity index (χ4v) is 2.68. The van der Waals surface area contributed by atoms with Gasteiger partial charge in [0.15, 0.2) is 0 Å². The van der Waals surface area contributed by atoms with Crippen LogP contribution in [0.3, 0.4) is 0 Å². The second kappa shape index (κ2) is 7.06. The van der Waals surface area contributed by atoms with Crippen LogP contribution in [0.1, 0.15) is 37.9 Å². The first-order valence-electron chi connectivity index (χ1n) is 6.54. The summed E-state index contributed by atoms with van der Waals surface area (Å²) in [6.45, 7) is 1.87. The normalized spacial score (nSPS) is 11.6. The zero-order valence-electron chi connectivity index (χ0n) is 12.1. The quantitative estimate of drug-likeness (QED) is 0.583. The van der Waals surface area contributed by atoms with Gasteiger partial charge in [0.25, 0.3) is 11.8 Å². The van der Waals surface area contributed by atoms with Crippen LogP contribution in [-0.2, 0) is 0 Å². The molecule has 22 heavy (non-hydrogen) atoms. The van der Waals surface area contributed by atoms with Crippen LogP contribution in [0.2, 0.25) is 0 Å². The van der Waals surface area contributed by atoms with Gasteiger partial charge in [-0.05, 0) is 36.8 Å². The lowest BCUT2D eigenvalue weighted by Crippen LogP contribution is -2.25. The third-order valence-corrected chi connectivity index (χ3v) is 4.20. The summed E-state index contributed by atoms with van der Waals surface area (Å²) in [5, 5.41) is 11.4. The van der Waals surface area contributed by atoms with Crippen LogP contribution in [0.15, 0.2) is 36.4 Å². The molecule has 2 aromatic rings. The van der Waals surface area contributed by atoms with Gasteiger partial charge in [0, 0.05) is 0 Å². The number of methoxy groups -OCH3 is 1. The van der Waals surface area contributed by atoms with Crippen molar-refractivity contribution < 1.29 is 19.5 Å². The van der Waals surface area contributed by atoms with E-state index in [9.17, 15) is 9.59 Å². The van der Waals surface area contributed by atoms with Crippen molar-refractivity contribution >= 4 is 23.2 Å². The summed E-state index contributed by atoms with van der Waals surface area (Å²) in [6.07, 6.45) is 0. The molecular formula is C15H16N2O4S. The lowest BCUT2D eigenvalue weighted by atomic mass is 10.1. The van der Waals surface area contributed by atoms with E-state index in [0.29, 0.717) is 4.88 Å². The highest BCUT2D eigenvalue weighted by Crippen LogP contribution is 2.20. The van der Waals surface area contributed by atoms with E-state index >= 15 is 0 Å². The maximum absolute atomic E-state index is 12.2. The largest absolute Gasteiger partial charge is 0.497 e. The molecule has 0 aliphatic carbocycles. The molecule has 0 saturated heterocycles. The molecule has 6 nitrogen and oxygen atoms in total. The van der Waals surface area contributed by atoms with Gasteiger partial charge in [-0.1, -0.05) is 12.1 Å². The lowest BCUT2D eigenvalue weighted by Gasteiger charge is -2.14. The van der Waals surface area contributed by atoms with Crippen LogP contribution in [0.5, 0.6) is 5.75 Å². The SMILES string of the molecule is COc1ccc([C@@H](C)NC(=O)c2ccc(C(=O)NO)s2)cc1. The van der Waals surface area contributed by atoms with Gasteiger partial charge in [-0.3, -0.25) is 14.8 Å². The highest BCUT2D eigenvalue weighted by atomic mass is 32.1. The van der Waals surface area contributed by atoms with Gasteiger partial charge in [0.1, 0.15) is 5.75 Å². The number of nitrogens with one attached hydrogen (secondary N) is 2. The van der Waals surface area contributed by atoms with Gasteiger partial charge in [-0.15, -0.1) is 11.3 Å². The van der Waals surface area contributed by atoms with E-state index in [4.69, 9.17) is 9.94 Å². The summed E-state index contributed by atoms with van der Waals surface area (Å²) in [5.74, 6) is -0.155. The molecule has 0 aliphatic heterocycles. The van der Waals surface area contributed by atoms with Crippen LogP contribution >= 0.6 is 11.3 Å². The van der Waals surface area contributed by atoms with Gasteiger partial charge >= 0.3 is 0 Å². The number of hydrogen-bond acceptors (Lipinski definition) is 5. The number of carbonyl (C=O) groups excluding carboxylic acids is 2. The number of hydrogen-bond donors (Lipinski definition) is 3. The Morgan fingerprint density at radius 2 is 1.68 bits per heavy atom. The first-order valence-corrected chi connectivity index (χ1v) is 7.36. The minimum atomic E-state index is -0.632. The van der Waals surface area contributed by atoms with Crippen molar-refractivity contribution in [1.29, 1.82) is 0 Å². The van der Waals surface area contributed by atoms with Crippen molar-refractivity contribution in [3.05, 3.63) is 51.7 Å². The molecule has 2 rings (SSSR count). The Morgan fingerprint density at radius 3 is 2.23 bits per heavy atom. The van der Waals surface area contributed by atoms with Crippen molar-refractivity contribution in [2.75, 3.05) is 7.11 Å². The number of hydroxylamine groups is 1. The van der Waals surface area contributed by atoms with E-state index < -0.39 is 5.91 Å². The van der Waals surface area contributed by atoms with E-state index in [2.05, 4.69) is 5.32 Å². The second-order valence-corrected chi connectivity index (χ2v) is 5.66. The summed E-state index contributed by atoms with van der Waals surface area (Å²) in [6, 6.07) is 10.3. The van der Waals surface area contributed by atoms with Crippen molar-refractivity contribution in [2.24, 2.45) is 0 Å². The maximum Gasteiger partial charge on any atom is 0.284 e.